The van der Waals surface area contributed by atoms with Crippen LogP contribution in [0, 0.1) is 0 Å². The van der Waals surface area contributed by atoms with Gasteiger partial charge in [0, 0.05) is 12.1 Å². The average Bonchev–Trinajstić information content (AvgIpc) is 2.50. The van der Waals surface area contributed by atoms with Crippen LogP contribution in [0.3, 0.4) is 0 Å². The molecule has 1 amide bonds. The molecular weight excluding hydrogens is 278 g/mol. The van der Waals surface area contributed by atoms with Crippen LogP contribution in [0.5, 0.6) is 0 Å². The molecule has 5 heteroatoms. The number of nitrogens with one attached hydrogen (secondary N) is 1. The summed E-state index contributed by atoms with van der Waals surface area (Å²) >= 11 is 4.71. The second-order valence-corrected chi connectivity index (χ2v) is 6.38. The van der Waals surface area contributed by atoms with Crippen molar-refractivity contribution in [2.75, 3.05) is 6.61 Å². The fourth-order valence-corrected chi connectivity index (χ4v) is 2.43. The van der Waals surface area contributed by atoms with E-state index in [4.69, 9.17) is 5.11 Å². The van der Waals surface area contributed by atoms with Gasteiger partial charge in [0.15, 0.2) is 0 Å². The van der Waals surface area contributed by atoms with Gasteiger partial charge in [-0.1, -0.05) is 0 Å². The first-order chi connectivity index (χ1) is 6.94. The Balaban J connectivity index is 2.63. The molecule has 0 spiro atoms. The lowest BCUT2D eigenvalue weighted by Gasteiger charge is -2.24. The largest absolute Gasteiger partial charge is 0.396 e. The van der Waals surface area contributed by atoms with Crippen LogP contribution in [-0.4, -0.2) is 23.2 Å². The second kappa shape index (κ2) is 5.09. The van der Waals surface area contributed by atoms with Gasteiger partial charge in [0.25, 0.3) is 5.91 Å². The van der Waals surface area contributed by atoms with Gasteiger partial charge in [0.05, 0.1) is 8.66 Å². The van der Waals surface area contributed by atoms with Crippen molar-refractivity contribution in [3.8, 4) is 0 Å². The standard InChI is InChI=1S/C10H14BrNO2S/c1-10(2,5-6-13)12-9(14)7-3-4-8(11)15-7/h3-4,13H,5-6H2,1-2H3,(H,12,14). The van der Waals surface area contributed by atoms with E-state index in [-0.39, 0.29) is 18.1 Å². The molecule has 0 fully saturated rings. The van der Waals surface area contributed by atoms with E-state index in [0.29, 0.717) is 11.3 Å². The molecule has 0 atom stereocenters. The third-order valence-corrected chi connectivity index (χ3v) is 3.61. The molecule has 1 rings (SSSR count). The van der Waals surface area contributed by atoms with Crippen LogP contribution in [0.1, 0.15) is 29.9 Å². The van der Waals surface area contributed by atoms with Crippen molar-refractivity contribution >= 4 is 33.2 Å². The lowest BCUT2D eigenvalue weighted by molar-refractivity contribution is 0.0904. The molecule has 0 unspecified atom stereocenters. The van der Waals surface area contributed by atoms with Crippen molar-refractivity contribution in [1.29, 1.82) is 0 Å². The van der Waals surface area contributed by atoms with Crippen LogP contribution in [0.15, 0.2) is 15.9 Å². The third kappa shape index (κ3) is 3.93. The van der Waals surface area contributed by atoms with Crippen LogP contribution >= 0.6 is 27.3 Å². The number of carbonyl (C=O) groups is 1. The summed E-state index contributed by atoms with van der Waals surface area (Å²) in [5.74, 6) is -0.0934. The summed E-state index contributed by atoms with van der Waals surface area (Å²) in [6.07, 6.45) is 0.547. The number of aliphatic hydroxyl groups is 1. The van der Waals surface area contributed by atoms with Crippen molar-refractivity contribution in [3.05, 3.63) is 20.8 Å². The highest BCUT2D eigenvalue weighted by atomic mass is 79.9. The Kier molecular flexibility index (Phi) is 4.31. The van der Waals surface area contributed by atoms with E-state index in [1.807, 2.05) is 19.9 Å². The van der Waals surface area contributed by atoms with Crippen LogP contribution < -0.4 is 5.32 Å². The average molecular weight is 292 g/mol. The summed E-state index contributed by atoms with van der Waals surface area (Å²) in [7, 11) is 0. The van der Waals surface area contributed by atoms with Crippen molar-refractivity contribution < 1.29 is 9.90 Å². The maximum Gasteiger partial charge on any atom is 0.261 e. The third-order valence-electron chi connectivity index (χ3n) is 1.99. The molecule has 3 nitrogen and oxygen atoms in total. The second-order valence-electron chi connectivity index (χ2n) is 3.92. The summed E-state index contributed by atoms with van der Waals surface area (Å²) in [5.41, 5.74) is -0.373. The quantitative estimate of drug-likeness (QED) is 0.895. The predicted octanol–water partition coefficient (Wildman–Crippen LogP) is 2.40. The van der Waals surface area contributed by atoms with Crippen molar-refractivity contribution in [1.82, 2.24) is 5.32 Å². The number of rotatable bonds is 4. The fourth-order valence-electron chi connectivity index (χ4n) is 1.15. The van der Waals surface area contributed by atoms with E-state index in [2.05, 4.69) is 21.2 Å². The molecule has 84 valence electrons. The first kappa shape index (κ1) is 12.7. The summed E-state index contributed by atoms with van der Waals surface area (Å²) in [4.78, 5) is 12.4. The lowest BCUT2D eigenvalue weighted by Crippen LogP contribution is -2.43. The summed E-state index contributed by atoms with van der Waals surface area (Å²) < 4.78 is 0.938. The molecule has 0 aromatic carbocycles. The Morgan fingerprint density at radius 3 is 2.73 bits per heavy atom. The molecular formula is C10H14BrNO2S. The molecule has 0 aliphatic carbocycles. The normalized spacial score (nSPS) is 11.5. The van der Waals surface area contributed by atoms with Gasteiger partial charge < -0.3 is 10.4 Å². The maximum absolute atomic E-state index is 11.7. The van der Waals surface area contributed by atoms with Crippen LogP contribution in [0.4, 0.5) is 0 Å². The Bertz CT molecular complexity index is 349. The Hall–Kier alpha value is -0.390. The molecule has 15 heavy (non-hydrogen) atoms. The summed E-state index contributed by atoms with van der Waals surface area (Å²) in [6, 6.07) is 3.62. The first-order valence-corrected chi connectivity index (χ1v) is 6.24. The zero-order valence-corrected chi connectivity index (χ0v) is 11.1. The van der Waals surface area contributed by atoms with E-state index < -0.39 is 0 Å². The number of hydrogen-bond donors (Lipinski definition) is 2. The molecule has 0 aliphatic rings. The SMILES string of the molecule is CC(C)(CCO)NC(=O)c1ccc(Br)s1. The van der Waals surface area contributed by atoms with Gasteiger partial charge in [0.1, 0.15) is 0 Å². The summed E-state index contributed by atoms with van der Waals surface area (Å²) in [5, 5.41) is 11.7. The molecule has 0 bridgehead atoms. The van der Waals surface area contributed by atoms with E-state index in [0.717, 1.165) is 3.79 Å². The number of carbonyl (C=O) groups excluding carboxylic acids is 1. The van der Waals surface area contributed by atoms with Crippen molar-refractivity contribution in [3.63, 3.8) is 0 Å². The van der Waals surface area contributed by atoms with Gasteiger partial charge in [-0.2, -0.15) is 0 Å². The molecule has 0 saturated carbocycles. The minimum Gasteiger partial charge on any atom is -0.396 e. The minimum atomic E-state index is -0.373. The molecule has 1 heterocycles. The van der Waals surface area contributed by atoms with Crippen LogP contribution in [-0.2, 0) is 0 Å². The first-order valence-electron chi connectivity index (χ1n) is 4.63. The van der Waals surface area contributed by atoms with Gasteiger partial charge in [-0.05, 0) is 48.3 Å². The Morgan fingerprint density at radius 1 is 1.60 bits per heavy atom. The van der Waals surface area contributed by atoms with E-state index in [9.17, 15) is 4.79 Å². The van der Waals surface area contributed by atoms with Crippen molar-refractivity contribution in [2.24, 2.45) is 0 Å². The van der Waals surface area contributed by atoms with E-state index in [1.54, 1.807) is 6.07 Å². The highest BCUT2D eigenvalue weighted by Gasteiger charge is 2.21. The number of hydrogen-bond acceptors (Lipinski definition) is 3. The minimum absolute atomic E-state index is 0.0708. The van der Waals surface area contributed by atoms with E-state index >= 15 is 0 Å². The predicted molar refractivity (Wildman–Crippen MR) is 65.3 cm³/mol. The van der Waals surface area contributed by atoms with Crippen LogP contribution in [0.25, 0.3) is 0 Å². The number of halogens is 1. The molecule has 0 saturated heterocycles. The number of thiophene rings is 1. The number of aliphatic hydroxyl groups excluding tert-OH is 1. The molecule has 1 aromatic rings. The smallest absolute Gasteiger partial charge is 0.261 e. The summed E-state index contributed by atoms with van der Waals surface area (Å²) in [6.45, 7) is 3.86. The van der Waals surface area contributed by atoms with Gasteiger partial charge in [-0.25, -0.2) is 0 Å². The van der Waals surface area contributed by atoms with Gasteiger partial charge in [-0.3, -0.25) is 4.79 Å². The Labute approximate surface area is 102 Å². The molecule has 1 aromatic heterocycles. The Morgan fingerprint density at radius 2 is 2.27 bits per heavy atom. The molecule has 0 aliphatic heterocycles. The lowest BCUT2D eigenvalue weighted by atomic mass is 10.0. The number of amides is 1. The zero-order chi connectivity index (χ0) is 11.5. The van der Waals surface area contributed by atoms with Gasteiger partial charge in [0.2, 0.25) is 0 Å². The highest BCUT2D eigenvalue weighted by molar-refractivity contribution is 9.11. The fraction of sp³-hybridized carbons (Fsp3) is 0.500. The van der Waals surface area contributed by atoms with Gasteiger partial charge in [-0.15, -0.1) is 11.3 Å². The zero-order valence-electron chi connectivity index (χ0n) is 8.71. The molecule has 0 radical (unpaired) electrons. The van der Waals surface area contributed by atoms with Crippen LogP contribution in [0.2, 0.25) is 0 Å². The van der Waals surface area contributed by atoms with Gasteiger partial charge >= 0.3 is 0 Å². The topological polar surface area (TPSA) is 49.3 Å². The van der Waals surface area contributed by atoms with Crippen molar-refractivity contribution in [2.45, 2.75) is 25.8 Å². The highest BCUT2D eigenvalue weighted by Crippen LogP contribution is 2.22. The monoisotopic (exact) mass is 291 g/mol. The molecule has 2 N–H and O–H groups in total. The maximum atomic E-state index is 11.7. The van der Waals surface area contributed by atoms with E-state index in [1.165, 1.54) is 11.3 Å².